The van der Waals surface area contributed by atoms with Crippen molar-refractivity contribution in [2.75, 3.05) is 33.5 Å². The molecule has 34 heavy (non-hydrogen) atoms. The quantitative estimate of drug-likeness (QED) is 0.402. The molecule has 0 spiro atoms. The number of hydrogen-bond acceptors (Lipinski definition) is 6. The van der Waals surface area contributed by atoms with Gasteiger partial charge in [0.1, 0.15) is 23.7 Å². The number of esters is 1. The highest BCUT2D eigenvalue weighted by atomic mass is 16.5. The van der Waals surface area contributed by atoms with Gasteiger partial charge in [0.25, 0.3) is 0 Å². The largest absolute Gasteiger partial charge is 0.493 e. The molecule has 0 N–H and O–H groups in total. The van der Waals surface area contributed by atoms with Crippen LogP contribution in [-0.2, 0) is 9.47 Å². The Bertz CT molecular complexity index is 1110. The Labute approximate surface area is 201 Å². The summed E-state index contributed by atoms with van der Waals surface area (Å²) in [6, 6.07) is 5.53. The molecule has 7 nitrogen and oxygen atoms in total. The summed E-state index contributed by atoms with van der Waals surface area (Å²) in [5, 5.41) is 0. The molecule has 1 atom stereocenters. The number of aromatic nitrogens is 1. The molecule has 0 bridgehead atoms. The van der Waals surface area contributed by atoms with Crippen molar-refractivity contribution in [1.29, 1.82) is 0 Å². The summed E-state index contributed by atoms with van der Waals surface area (Å²) in [6.07, 6.45) is 4.69. The van der Waals surface area contributed by atoms with Crippen LogP contribution in [0.5, 0.6) is 11.5 Å². The third-order valence-electron chi connectivity index (χ3n) is 6.46. The summed E-state index contributed by atoms with van der Waals surface area (Å²) in [6.45, 7) is 9.94. The number of methoxy groups -OCH3 is 1. The molecule has 1 fully saturated rings. The summed E-state index contributed by atoms with van der Waals surface area (Å²) in [7, 11) is 1.68. The standard InChI is InChI=1S/C27H35NO6/c1-6-32-26(30)20-15-28-21(13-22(20)29)19-12-18(17-8-9-17)23(33-11-7-10-31-5)14-24(19)34-16-25(28)27(2,3)4/h12-15,17,25H,6-11,16H2,1-5H3/t25-/m0/s1. The van der Waals surface area contributed by atoms with E-state index >= 15 is 0 Å². The highest BCUT2D eigenvalue weighted by Crippen LogP contribution is 2.49. The molecule has 1 saturated carbocycles. The number of nitrogens with zero attached hydrogens (tertiary/aromatic N) is 1. The molecule has 1 aliphatic carbocycles. The van der Waals surface area contributed by atoms with E-state index in [0.717, 1.165) is 41.8 Å². The maximum Gasteiger partial charge on any atom is 0.343 e. The molecule has 1 aromatic carbocycles. The number of rotatable bonds is 8. The minimum Gasteiger partial charge on any atom is -0.493 e. The highest BCUT2D eigenvalue weighted by Gasteiger charge is 2.35. The number of pyridine rings is 1. The second-order valence-electron chi connectivity index (χ2n) is 10.1. The molecule has 0 amide bonds. The van der Waals surface area contributed by atoms with Crippen LogP contribution >= 0.6 is 0 Å². The zero-order valence-corrected chi connectivity index (χ0v) is 20.8. The normalized spacial score (nSPS) is 17.3. The Morgan fingerprint density at radius 2 is 1.94 bits per heavy atom. The molecular weight excluding hydrogens is 434 g/mol. The van der Waals surface area contributed by atoms with Crippen LogP contribution < -0.4 is 14.9 Å². The molecule has 7 heteroatoms. The second kappa shape index (κ2) is 9.82. The first-order chi connectivity index (χ1) is 16.2. The van der Waals surface area contributed by atoms with Crippen molar-refractivity contribution in [3.05, 3.63) is 45.7 Å². The summed E-state index contributed by atoms with van der Waals surface area (Å²) in [5.41, 5.74) is 2.25. The van der Waals surface area contributed by atoms with E-state index in [0.29, 0.717) is 31.5 Å². The van der Waals surface area contributed by atoms with Crippen LogP contribution in [0.1, 0.15) is 74.8 Å². The monoisotopic (exact) mass is 469 g/mol. The molecule has 2 heterocycles. The van der Waals surface area contributed by atoms with Crippen LogP contribution in [0.25, 0.3) is 11.3 Å². The van der Waals surface area contributed by atoms with E-state index in [4.69, 9.17) is 18.9 Å². The van der Waals surface area contributed by atoms with Gasteiger partial charge in [-0.1, -0.05) is 20.8 Å². The maximum absolute atomic E-state index is 13.0. The average molecular weight is 470 g/mol. The van der Waals surface area contributed by atoms with Crippen molar-refractivity contribution >= 4 is 5.97 Å². The van der Waals surface area contributed by atoms with Gasteiger partial charge in [-0.05, 0) is 42.7 Å². The van der Waals surface area contributed by atoms with Crippen molar-refractivity contribution in [3.8, 4) is 22.8 Å². The van der Waals surface area contributed by atoms with Crippen LogP contribution in [0, 0.1) is 5.41 Å². The molecule has 2 aliphatic rings. The SMILES string of the molecule is CCOC(=O)c1cn2c(cc1=O)-c1cc(C3CC3)c(OCCCOC)cc1OC[C@H]2C(C)(C)C. The molecule has 1 aliphatic heterocycles. The van der Waals surface area contributed by atoms with Gasteiger partial charge in [0.05, 0.1) is 24.9 Å². The topological polar surface area (TPSA) is 76.0 Å². The zero-order valence-electron chi connectivity index (χ0n) is 20.8. The second-order valence-corrected chi connectivity index (χ2v) is 10.1. The lowest BCUT2D eigenvalue weighted by Crippen LogP contribution is -2.31. The number of carbonyl (C=O) groups is 1. The van der Waals surface area contributed by atoms with E-state index in [-0.39, 0.29) is 29.1 Å². The third kappa shape index (κ3) is 4.99. The summed E-state index contributed by atoms with van der Waals surface area (Å²) in [5.74, 6) is 1.38. The molecular formula is C27H35NO6. The fraction of sp³-hybridized carbons (Fsp3) is 0.556. The van der Waals surface area contributed by atoms with Gasteiger partial charge in [0, 0.05) is 44.0 Å². The minimum atomic E-state index is -0.598. The number of fused-ring (bicyclic) bond motifs is 3. The molecule has 0 radical (unpaired) electrons. The lowest BCUT2D eigenvalue weighted by atomic mass is 9.86. The first-order valence-corrected chi connectivity index (χ1v) is 12.1. The first kappa shape index (κ1) is 24.3. The predicted octanol–water partition coefficient (Wildman–Crippen LogP) is 4.96. The van der Waals surface area contributed by atoms with E-state index in [1.54, 1.807) is 26.3 Å². The van der Waals surface area contributed by atoms with E-state index in [9.17, 15) is 9.59 Å². The van der Waals surface area contributed by atoms with Crippen molar-refractivity contribution in [3.63, 3.8) is 0 Å². The maximum atomic E-state index is 13.0. The van der Waals surface area contributed by atoms with Gasteiger partial charge in [-0.2, -0.15) is 0 Å². The average Bonchev–Trinajstić information content (AvgIpc) is 3.62. The highest BCUT2D eigenvalue weighted by molar-refractivity contribution is 5.89. The van der Waals surface area contributed by atoms with E-state index in [2.05, 4.69) is 26.8 Å². The molecule has 184 valence electrons. The van der Waals surface area contributed by atoms with Crippen LogP contribution in [0.3, 0.4) is 0 Å². The Balaban J connectivity index is 1.84. The van der Waals surface area contributed by atoms with Crippen molar-refractivity contribution < 1.29 is 23.7 Å². The minimum absolute atomic E-state index is 0.0452. The third-order valence-corrected chi connectivity index (χ3v) is 6.46. The smallest absolute Gasteiger partial charge is 0.343 e. The zero-order chi connectivity index (χ0) is 24.5. The fourth-order valence-electron chi connectivity index (χ4n) is 4.42. The Hall–Kier alpha value is -2.80. The fourth-order valence-corrected chi connectivity index (χ4v) is 4.42. The number of carbonyl (C=O) groups excluding carboxylic acids is 1. The van der Waals surface area contributed by atoms with Crippen LogP contribution in [-0.4, -0.2) is 44.1 Å². The summed E-state index contributed by atoms with van der Waals surface area (Å²) >= 11 is 0. The van der Waals surface area contributed by atoms with Gasteiger partial charge in [-0.3, -0.25) is 4.79 Å². The number of ether oxygens (including phenoxy) is 4. The van der Waals surface area contributed by atoms with Crippen LogP contribution in [0.15, 0.2) is 29.2 Å². The van der Waals surface area contributed by atoms with E-state index < -0.39 is 5.97 Å². The predicted molar refractivity (Wildman–Crippen MR) is 130 cm³/mol. The van der Waals surface area contributed by atoms with Gasteiger partial charge in [0.15, 0.2) is 5.43 Å². The van der Waals surface area contributed by atoms with Crippen molar-refractivity contribution in [2.24, 2.45) is 5.41 Å². The van der Waals surface area contributed by atoms with Crippen LogP contribution in [0.4, 0.5) is 0 Å². The summed E-state index contributed by atoms with van der Waals surface area (Å²) in [4.78, 5) is 25.5. The Morgan fingerprint density at radius 3 is 2.59 bits per heavy atom. The van der Waals surface area contributed by atoms with Crippen molar-refractivity contribution in [1.82, 2.24) is 4.57 Å². The van der Waals surface area contributed by atoms with Gasteiger partial charge in [0.2, 0.25) is 0 Å². The molecule has 1 aromatic heterocycles. The first-order valence-electron chi connectivity index (χ1n) is 12.1. The molecule has 4 rings (SSSR count). The van der Waals surface area contributed by atoms with Gasteiger partial charge < -0.3 is 23.5 Å². The lowest BCUT2D eigenvalue weighted by molar-refractivity contribution is 0.0522. The van der Waals surface area contributed by atoms with Gasteiger partial charge in [-0.15, -0.1) is 0 Å². The molecule has 0 saturated heterocycles. The molecule has 0 unspecified atom stereocenters. The number of hydrogen-bond donors (Lipinski definition) is 0. The summed E-state index contributed by atoms with van der Waals surface area (Å²) < 4.78 is 24.8. The Morgan fingerprint density at radius 1 is 1.18 bits per heavy atom. The van der Waals surface area contributed by atoms with E-state index in [1.807, 2.05) is 10.6 Å². The van der Waals surface area contributed by atoms with Gasteiger partial charge in [-0.25, -0.2) is 4.79 Å². The lowest BCUT2D eigenvalue weighted by Gasteiger charge is -2.32. The molecule has 2 aromatic rings. The van der Waals surface area contributed by atoms with E-state index in [1.165, 1.54) is 0 Å². The Kier molecular flexibility index (Phi) is 7.03. The number of benzene rings is 1. The van der Waals surface area contributed by atoms with Gasteiger partial charge >= 0.3 is 5.97 Å². The van der Waals surface area contributed by atoms with Crippen molar-refractivity contribution in [2.45, 2.75) is 58.9 Å². The van der Waals surface area contributed by atoms with Crippen LogP contribution in [0.2, 0.25) is 0 Å².